The normalized spacial score (nSPS) is 14.6. The van der Waals surface area contributed by atoms with Crippen LogP contribution in [0, 0.1) is 0 Å². The van der Waals surface area contributed by atoms with E-state index >= 15 is 0 Å². The number of amides is 1. The Balaban J connectivity index is 1.40. The van der Waals surface area contributed by atoms with E-state index in [1.807, 2.05) is 59.1 Å². The van der Waals surface area contributed by atoms with Crippen LogP contribution in [-0.2, 0) is 6.54 Å². The number of fused-ring (bicyclic) bond motifs is 1. The van der Waals surface area contributed by atoms with Crippen LogP contribution in [0.15, 0.2) is 73.1 Å². The third-order valence-electron chi connectivity index (χ3n) is 9.39. The molecule has 0 saturated heterocycles. The molecule has 44 heavy (non-hydrogen) atoms. The van der Waals surface area contributed by atoms with E-state index in [4.69, 9.17) is 9.84 Å². The van der Waals surface area contributed by atoms with Gasteiger partial charge in [-0.3, -0.25) is 14.5 Å². The second kappa shape index (κ2) is 12.7. The highest BCUT2D eigenvalue weighted by molar-refractivity contribution is 6.72. The molecule has 7 nitrogen and oxygen atoms in total. The molecular formula is C36H46N4O3Si. The lowest BCUT2D eigenvalue weighted by molar-refractivity contribution is 0.0694. The number of hydrogen-bond donors (Lipinski definition) is 1. The first kappa shape index (κ1) is 31.7. The first-order valence-electron chi connectivity index (χ1n) is 15.8. The van der Waals surface area contributed by atoms with Gasteiger partial charge < -0.3 is 14.4 Å². The summed E-state index contributed by atoms with van der Waals surface area (Å²) in [5.41, 5.74) is 6.51. The molecule has 0 aliphatic carbocycles. The molecule has 4 aromatic rings. The van der Waals surface area contributed by atoms with Crippen molar-refractivity contribution in [2.75, 3.05) is 13.1 Å². The van der Waals surface area contributed by atoms with Gasteiger partial charge in [0, 0.05) is 36.6 Å². The van der Waals surface area contributed by atoms with Gasteiger partial charge in [-0.15, -0.1) is 0 Å². The predicted molar refractivity (Wildman–Crippen MR) is 179 cm³/mol. The Hall–Kier alpha value is -3.75. The fraction of sp³-hybridized carbons (Fsp3) is 0.417. The minimum Gasteiger partial charge on any atom is -0.486 e. The number of hydrogen-bond acceptors (Lipinski definition) is 5. The molecule has 0 radical (unpaired) electrons. The summed E-state index contributed by atoms with van der Waals surface area (Å²) in [5.74, 6) is 1.26. The number of carbonyl (C=O) groups is 1. The number of aromatic nitrogens is 3. The third kappa shape index (κ3) is 6.66. The van der Waals surface area contributed by atoms with E-state index in [1.165, 1.54) is 5.56 Å². The number of nitrogens with zero attached hydrogens (tertiary/aromatic N) is 4. The Morgan fingerprint density at radius 3 is 2.16 bits per heavy atom. The summed E-state index contributed by atoms with van der Waals surface area (Å²) in [5, 5.41) is 4.83. The molecule has 8 heteroatoms. The fourth-order valence-electron chi connectivity index (χ4n) is 5.65. The summed E-state index contributed by atoms with van der Waals surface area (Å²) in [7, 11) is -2.31. The molecule has 1 atom stereocenters. The molecular weight excluding hydrogens is 565 g/mol. The van der Waals surface area contributed by atoms with Gasteiger partial charge in [-0.25, -0.2) is 0 Å². The summed E-state index contributed by atoms with van der Waals surface area (Å²) in [6.45, 7) is 16.6. The van der Waals surface area contributed by atoms with Gasteiger partial charge in [0.1, 0.15) is 23.2 Å². The van der Waals surface area contributed by atoms with Crippen molar-refractivity contribution >= 4 is 14.2 Å². The van der Waals surface area contributed by atoms with Crippen molar-refractivity contribution < 1.29 is 14.3 Å². The molecule has 0 fully saturated rings. The molecule has 2 aromatic carbocycles. The van der Waals surface area contributed by atoms with Crippen molar-refractivity contribution in [3.05, 3.63) is 89.9 Å². The van der Waals surface area contributed by atoms with Crippen molar-refractivity contribution in [1.29, 1.82) is 0 Å². The largest absolute Gasteiger partial charge is 0.486 e. The van der Waals surface area contributed by atoms with Crippen molar-refractivity contribution in [2.45, 2.75) is 84.2 Å². The number of ether oxygens (including phenoxy) is 1. The standard InChI is InChI=1S/C36H46N4O3Si/c1-25(2)27-9-11-28(12-10-27)26(3)43-31-15-13-29(14-16-31)32-33(30-17-20-37-21-18-30)38-40-24-23-39(35(41)34(32)40)22-8-19-36(4,5)44(6,7)42/h9-18,20-21,25-26,42H,8,19,22-24H2,1-7H3. The average molecular weight is 611 g/mol. The smallest absolute Gasteiger partial charge is 0.272 e. The third-order valence-corrected chi connectivity index (χ3v) is 13.0. The Morgan fingerprint density at radius 2 is 1.55 bits per heavy atom. The number of pyridine rings is 1. The van der Waals surface area contributed by atoms with Crippen LogP contribution in [0.5, 0.6) is 5.75 Å². The van der Waals surface area contributed by atoms with Crippen LogP contribution < -0.4 is 4.74 Å². The fourth-order valence-corrected chi connectivity index (χ4v) is 6.44. The van der Waals surface area contributed by atoms with E-state index in [0.717, 1.165) is 46.5 Å². The molecule has 1 N–H and O–H groups in total. The van der Waals surface area contributed by atoms with E-state index in [2.05, 4.69) is 63.9 Å². The molecule has 0 bridgehead atoms. The second-order valence-electron chi connectivity index (χ2n) is 13.5. The highest BCUT2D eigenvalue weighted by Crippen LogP contribution is 2.41. The zero-order valence-corrected chi connectivity index (χ0v) is 28.2. The number of carbonyl (C=O) groups excluding carboxylic acids is 1. The SMILES string of the molecule is CC(C)c1ccc(C(C)Oc2ccc(-c3c(-c4ccncc4)nn4c3C(=O)N(CCCC(C)(C)[Si](C)(C)O)CC4)cc2)cc1. The van der Waals surface area contributed by atoms with Gasteiger partial charge in [0.25, 0.3) is 5.91 Å². The van der Waals surface area contributed by atoms with Crippen LogP contribution >= 0.6 is 0 Å². The Kier molecular flexibility index (Phi) is 9.14. The molecule has 232 valence electrons. The molecule has 0 saturated carbocycles. The van der Waals surface area contributed by atoms with Crippen LogP contribution in [0.25, 0.3) is 22.4 Å². The van der Waals surface area contributed by atoms with Crippen LogP contribution in [0.2, 0.25) is 18.1 Å². The molecule has 1 amide bonds. The molecule has 1 unspecified atom stereocenters. The number of rotatable bonds is 11. The summed E-state index contributed by atoms with van der Waals surface area (Å²) in [6, 6.07) is 20.5. The van der Waals surface area contributed by atoms with Crippen molar-refractivity contribution in [1.82, 2.24) is 19.7 Å². The molecule has 1 aliphatic rings. The minimum atomic E-state index is -2.31. The number of benzene rings is 2. The Morgan fingerprint density at radius 1 is 0.909 bits per heavy atom. The molecule has 1 aliphatic heterocycles. The van der Waals surface area contributed by atoms with Gasteiger partial charge in [-0.2, -0.15) is 5.10 Å². The summed E-state index contributed by atoms with van der Waals surface area (Å²) >= 11 is 0. The zero-order valence-electron chi connectivity index (χ0n) is 27.2. The van der Waals surface area contributed by atoms with Gasteiger partial charge >= 0.3 is 0 Å². The first-order valence-corrected chi connectivity index (χ1v) is 18.7. The molecule has 2 aromatic heterocycles. The van der Waals surface area contributed by atoms with Gasteiger partial charge in [0.2, 0.25) is 0 Å². The van der Waals surface area contributed by atoms with Crippen LogP contribution in [0.3, 0.4) is 0 Å². The van der Waals surface area contributed by atoms with Gasteiger partial charge in [0.15, 0.2) is 8.32 Å². The lowest BCUT2D eigenvalue weighted by Crippen LogP contribution is -2.42. The zero-order chi connectivity index (χ0) is 31.6. The lowest BCUT2D eigenvalue weighted by atomic mass is 9.98. The van der Waals surface area contributed by atoms with Crippen molar-refractivity contribution in [3.8, 4) is 28.1 Å². The quantitative estimate of drug-likeness (QED) is 0.174. The van der Waals surface area contributed by atoms with E-state index in [1.54, 1.807) is 12.4 Å². The summed E-state index contributed by atoms with van der Waals surface area (Å²) in [6.07, 6.45) is 5.14. The van der Waals surface area contributed by atoms with Crippen molar-refractivity contribution in [3.63, 3.8) is 0 Å². The first-order chi connectivity index (χ1) is 20.9. The highest BCUT2D eigenvalue weighted by Gasteiger charge is 2.38. The maximum Gasteiger partial charge on any atom is 0.272 e. The summed E-state index contributed by atoms with van der Waals surface area (Å²) in [4.78, 5) is 30.9. The lowest BCUT2D eigenvalue weighted by Gasteiger charge is -2.36. The van der Waals surface area contributed by atoms with E-state index < -0.39 is 8.32 Å². The maximum absolute atomic E-state index is 14.0. The van der Waals surface area contributed by atoms with Crippen LogP contribution in [0.1, 0.15) is 81.1 Å². The molecule has 3 heterocycles. The van der Waals surface area contributed by atoms with Gasteiger partial charge in [-0.05, 0) is 84.8 Å². The second-order valence-corrected chi connectivity index (χ2v) is 17.9. The van der Waals surface area contributed by atoms with Gasteiger partial charge in [-0.1, -0.05) is 64.1 Å². The minimum absolute atomic E-state index is 0.00356. The van der Waals surface area contributed by atoms with Crippen LogP contribution in [0.4, 0.5) is 0 Å². The topological polar surface area (TPSA) is 80.5 Å². The Bertz CT molecular complexity index is 1570. The monoisotopic (exact) mass is 610 g/mol. The van der Waals surface area contributed by atoms with Crippen LogP contribution in [-0.4, -0.2) is 51.8 Å². The maximum atomic E-state index is 14.0. The summed E-state index contributed by atoms with van der Waals surface area (Å²) < 4.78 is 8.18. The molecule has 0 spiro atoms. The van der Waals surface area contributed by atoms with E-state index in [-0.39, 0.29) is 17.0 Å². The highest BCUT2D eigenvalue weighted by atomic mass is 28.4. The van der Waals surface area contributed by atoms with Crippen molar-refractivity contribution in [2.24, 2.45) is 0 Å². The predicted octanol–water partition coefficient (Wildman–Crippen LogP) is 8.09. The Labute approximate surface area is 263 Å². The van der Waals surface area contributed by atoms with Gasteiger partial charge in [0.05, 0.1) is 6.54 Å². The average Bonchev–Trinajstić information content (AvgIpc) is 3.39. The van der Waals surface area contributed by atoms with E-state index in [0.29, 0.717) is 31.2 Å². The van der Waals surface area contributed by atoms with E-state index in [9.17, 15) is 9.59 Å². The molecule has 5 rings (SSSR count).